The molecule has 132 valence electrons. The minimum atomic E-state index is -0.514. The number of hydrogen-bond acceptors (Lipinski definition) is 3. The second-order valence-electron chi connectivity index (χ2n) is 6.91. The molecule has 3 amide bonds. The highest BCUT2D eigenvalue weighted by atomic mass is 127. The second-order valence-corrected chi connectivity index (χ2v) is 8.15. The van der Waals surface area contributed by atoms with Gasteiger partial charge in [0.25, 0.3) is 0 Å². The maximum atomic E-state index is 12.4. The molecule has 1 aliphatic rings. The van der Waals surface area contributed by atoms with Crippen LogP contribution in [0.25, 0.3) is 0 Å². The zero-order valence-corrected chi connectivity index (χ0v) is 16.7. The monoisotopic (exact) mass is 445 g/mol. The Labute approximate surface area is 156 Å². The first-order valence-corrected chi connectivity index (χ1v) is 9.05. The number of urea groups is 1. The van der Waals surface area contributed by atoms with Gasteiger partial charge in [0.05, 0.1) is 0 Å². The van der Waals surface area contributed by atoms with E-state index in [4.69, 9.17) is 4.74 Å². The van der Waals surface area contributed by atoms with Gasteiger partial charge in [-0.1, -0.05) is 0 Å². The Morgan fingerprint density at radius 2 is 1.83 bits per heavy atom. The van der Waals surface area contributed by atoms with Crippen molar-refractivity contribution in [2.24, 2.45) is 0 Å². The molecule has 2 rings (SSSR count). The van der Waals surface area contributed by atoms with Crippen LogP contribution in [0.5, 0.6) is 0 Å². The van der Waals surface area contributed by atoms with E-state index < -0.39 is 5.60 Å². The molecule has 0 radical (unpaired) electrons. The molecule has 1 aromatic rings. The van der Waals surface area contributed by atoms with Gasteiger partial charge >= 0.3 is 12.1 Å². The lowest BCUT2D eigenvalue weighted by atomic mass is 10.2. The van der Waals surface area contributed by atoms with Crippen LogP contribution < -0.4 is 5.32 Å². The molecule has 1 atom stereocenters. The van der Waals surface area contributed by atoms with Crippen LogP contribution in [0.4, 0.5) is 15.3 Å². The van der Waals surface area contributed by atoms with E-state index in [2.05, 4.69) is 27.9 Å². The number of amides is 3. The minimum absolute atomic E-state index is 0.0740. The van der Waals surface area contributed by atoms with Gasteiger partial charge in [0.1, 0.15) is 5.60 Å². The summed E-state index contributed by atoms with van der Waals surface area (Å²) < 4.78 is 6.51. The van der Waals surface area contributed by atoms with Crippen molar-refractivity contribution in [3.05, 3.63) is 27.8 Å². The van der Waals surface area contributed by atoms with Gasteiger partial charge in [-0.2, -0.15) is 0 Å². The van der Waals surface area contributed by atoms with E-state index in [1.807, 2.05) is 52.0 Å². The standard InChI is InChI=1S/C17H24IN3O3/c1-12-11-20(16(23)24-17(2,3)4)9-10-21(12)15(22)19-14-7-5-13(18)6-8-14/h5-8,12H,9-11H2,1-4H3,(H,19,22)/t12-/m0/s1. The molecule has 1 saturated heterocycles. The number of carbonyl (C=O) groups excluding carboxylic acids is 2. The summed E-state index contributed by atoms with van der Waals surface area (Å²) in [6.45, 7) is 8.90. The van der Waals surface area contributed by atoms with Gasteiger partial charge in [0.2, 0.25) is 0 Å². The molecule has 1 N–H and O–H groups in total. The lowest BCUT2D eigenvalue weighted by molar-refractivity contribution is 0.0112. The molecule has 1 fully saturated rings. The smallest absolute Gasteiger partial charge is 0.410 e. The van der Waals surface area contributed by atoms with Gasteiger partial charge in [-0.05, 0) is 74.6 Å². The van der Waals surface area contributed by atoms with Crippen LogP contribution in [0, 0.1) is 3.57 Å². The summed E-state index contributed by atoms with van der Waals surface area (Å²) in [6.07, 6.45) is -0.327. The summed E-state index contributed by atoms with van der Waals surface area (Å²) >= 11 is 2.22. The second kappa shape index (κ2) is 7.58. The van der Waals surface area contributed by atoms with E-state index in [-0.39, 0.29) is 18.2 Å². The Hall–Kier alpha value is -1.51. The Morgan fingerprint density at radius 3 is 2.38 bits per heavy atom. The van der Waals surface area contributed by atoms with E-state index in [1.54, 1.807) is 9.80 Å². The van der Waals surface area contributed by atoms with Crippen molar-refractivity contribution in [3.63, 3.8) is 0 Å². The van der Waals surface area contributed by atoms with Crippen molar-refractivity contribution in [3.8, 4) is 0 Å². The Balaban J connectivity index is 1.91. The Bertz CT molecular complexity index is 598. The highest BCUT2D eigenvalue weighted by molar-refractivity contribution is 14.1. The minimum Gasteiger partial charge on any atom is -0.444 e. The molecule has 0 aliphatic carbocycles. The fourth-order valence-electron chi connectivity index (χ4n) is 2.48. The summed E-state index contributed by atoms with van der Waals surface area (Å²) in [5.41, 5.74) is 0.252. The molecule has 1 heterocycles. The molecule has 6 nitrogen and oxygen atoms in total. The number of nitrogens with zero attached hydrogens (tertiary/aromatic N) is 2. The fourth-order valence-corrected chi connectivity index (χ4v) is 2.84. The van der Waals surface area contributed by atoms with E-state index in [9.17, 15) is 9.59 Å². The molecule has 0 unspecified atom stereocenters. The van der Waals surface area contributed by atoms with Gasteiger partial charge in [-0.25, -0.2) is 9.59 Å². The first-order chi connectivity index (χ1) is 11.2. The third-order valence-electron chi connectivity index (χ3n) is 3.64. The lowest BCUT2D eigenvalue weighted by Crippen LogP contribution is -2.57. The number of piperazine rings is 1. The zero-order valence-electron chi connectivity index (χ0n) is 14.5. The van der Waals surface area contributed by atoms with Crippen molar-refractivity contribution in [2.75, 3.05) is 25.0 Å². The van der Waals surface area contributed by atoms with Crippen LogP contribution >= 0.6 is 22.6 Å². The molecule has 0 spiro atoms. The Morgan fingerprint density at radius 1 is 1.21 bits per heavy atom. The largest absolute Gasteiger partial charge is 0.444 e. The van der Waals surface area contributed by atoms with Gasteiger partial charge in [0, 0.05) is 34.9 Å². The van der Waals surface area contributed by atoms with Crippen molar-refractivity contribution in [1.82, 2.24) is 9.80 Å². The molecule has 1 aromatic carbocycles. The van der Waals surface area contributed by atoms with E-state index in [1.165, 1.54) is 0 Å². The van der Waals surface area contributed by atoms with Crippen LogP contribution in [-0.2, 0) is 4.74 Å². The van der Waals surface area contributed by atoms with Gasteiger partial charge in [0.15, 0.2) is 0 Å². The molecule has 0 bridgehead atoms. The van der Waals surface area contributed by atoms with Crippen molar-refractivity contribution in [2.45, 2.75) is 39.3 Å². The number of hydrogen-bond donors (Lipinski definition) is 1. The van der Waals surface area contributed by atoms with Crippen LogP contribution in [0.3, 0.4) is 0 Å². The maximum absolute atomic E-state index is 12.4. The summed E-state index contributed by atoms with van der Waals surface area (Å²) in [7, 11) is 0. The number of rotatable bonds is 1. The van der Waals surface area contributed by atoms with Gasteiger partial charge in [-0.3, -0.25) is 0 Å². The average Bonchev–Trinajstić information content (AvgIpc) is 2.47. The van der Waals surface area contributed by atoms with E-state index in [0.29, 0.717) is 19.6 Å². The van der Waals surface area contributed by atoms with Crippen molar-refractivity contribution < 1.29 is 14.3 Å². The molecule has 1 aliphatic heterocycles. The molecular weight excluding hydrogens is 421 g/mol. The van der Waals surface area contributed by atoms with E-state index in [0.717, 1.165) is 9.26 Å². The maximum Gasteiger partial charge on any atom is 0.410 e. The summed E-state index contributed by atoms with van der Waals surface area (Å²) in [5, 5.41) is 2.90. The average molecular weight is 445 g/mol. The van der Waals surface area contributed by atoms with Crippen LogP contribution in [0.1, 0.15) is 27.7 Å². The topological polar surface area (TPSA) is 61.9 Å². The summed E-state index contributed by atoms with van der Waals surface area (Å²) in [4.78, 5) is 28.0. The molecule has 0 saturated carbocycles. The van der Waals surface area contributed by atoms with E-state index >= 15 is 0 Å². The fraction of sp³-hybridized carbons (Fsp3) is 0.529. The normalized spacial score (nSPS) is 18.3. The van der Waals surface area contributed by atoms with Gasteiger partial charge < -0.3 is 19.9 Å². The number of benzene rings is 1. The van der Waals surface area contributed by atoms with Gasteiger partial charge in [-0.15, -0.1) is 0 Å². The number of carbonyl (C=O) groups is 2. The predicted molar refractivity (Wildman–Crippen MR) is 102 cm³/mol. The lowest BCUT2D eigenvalue weighted by Gasteiger charge is -2.40. The first kappa shape index (κ1) is 18.8. The zero-order chi connectivity index (χ0) is 17.9. The summed E-state index contributed by atoms with van der Waals surface area (Å²) in [5.74, 6) is 0. The summed E-state index contributed by atoms with van der Waals surface area (Å²) in [6, 6.07) is 7.42. The van der Waals surface area contributed by atoms with Crippen molar-refractivity contribution >= 4 is 40.4 Å². The highest BCUT2D eigenvalue weighted by Gasteiger charge is 2.32. The molecular formula is C17H24IN3O3. The quantitative estimate of drug-likeness (QED) is 0.670. The SMILES string of the molecule is C[C@H]1CN(C(=O)OC(C)(C)C)CCN1C(=O)Nc1ccc(I)cc1. The molecule has 7 heteroatoms. The van der Waals surface area contributed by atoms with Crippen LogP contribution in [0.15, 0.2) is 24.3 Å². The van der Waals surface area contributed by atoms with Crippen molar-refractivity contribution in [1.29, 1.82) is 0 Å². The number of ether oxygens (including phenoxy) is 1. The highest BCUT2D eigenvalue weighted by Crippen LogP contribution is 2.17. The third-order valence-corrected chi connectivity index (χ3v) is 4.35. The Kier molecular flexibility index (Phi) is 5.95. The molecule has 24 heavy (non-hydrogen) atoms. The third kappa shape index (κ3) is 5.25. The number of halogens is 1. The molecule has 0 aromatic heterocycles. The number of anilines is 1. The predicted octanol–water partition coefficient (Wildman–Crippen LogP) is 3.76. The first-order valence-electron chi connectivity index (χ1n) is 7.97. The van der Waals surface area contributed by atoms with Crippen LogP contribution in [0.2, 0.25) is 0 Å². The van der Waals surface area contributed by atoms with Crippen LogP contribution in [-0.4, -0.2) is 53.2 Å². The number of nitrogens with one attached hydrogen (secondary N) is 1.